The lowest BCUT2D eigenvalue weighted by Crippen LogP contribution is -2.56. The Morgan fingerprint density at radius 3 is 2.70 bits per heavy atom. The quantitative estimate of drug-likeness (QED) is 0.872. The van der Waals surface area contributed by atoms with E-state index in [1.54, 1.807) is 0 Å². The van der Waals surface area contributed by atoms with Crippen molar-refractivity contribution in [2.24, 2.45) is 0 Å². The Balaban J connectivity index is 1.14. The molecule has 1 N–H and O–H groups in total. The first-order chi connectivity index (χ1) is 13.3. The van der Waals surface area contributed by atoms with Crippen molar-refractivity contribution in [3.8, 4) is 11.5 Å². The lowest BCUT2D eigenvalue weighted by Gasteiger charge is -2.48. The van der Waals surface area contributed by atoms with Crippen molar-refractivity contribution in [1.29, 1.82) is 0 Å². The Morgan fingerprint density at radius 2 is 1.85 bits per heavy atom. The molecule has 4 heterocycles. The van der Waals surface area contributed by atoms with E-state index in [9.17, 15) is 0 Å². The Morgan fingerprint density at radius 1 is 1.04 bits per heavy atom. The molecule has 0 aromatic heterocycles. The van der Waals surface area contributed by atoms with Crippen molar-refractivity contribution < 1.29 is 14.2 Å². The molecule has 27 heavy (non-hydrogen) atoms. The molecule has 1 unspecified atom stereocenters. The van der Waals surface area contributed by atoms with Gasteiger partial charge >= 0.3 is 0 Å². The summed E-state index contributed by atoms with van der Waals surface area (Å²) >= 11 is 0. The SMILES string of the molecule is c1cc2c(cc1CN1CCN(C3CCOC4(CCNCC4)C3)CC1)OCO2. The van der Waals surface area contributed by atoms with Crippen LogP contribution < -0.4 is 14.8 Å². The molecule has 0 bridgehead atoms. The van der Waals surface area contributed by atoms with E-state index in [2.05, 4.69) is 27.2 Å². The summed E-state index contributed by atoms with van der Waals surface area (Å²) in [5.41, 5.74) is 1.46. The Bertz CT molecular complexity index is 649. The smallest absolute Gasteiger partial charge is 0.231 e. The van der Waals surface area contributed by atoms with Crippen LogP contribution in [-0.2, 0) is 11.3 Å². The van der Waals surface area contributed by atoms with E-state index in [1.807, 2.05) is 6.07 Å². The largest absolute Gasteiger partial charge is 0.454 e. The van der Waals surface area contributed by atoms with Crippen LogP contribution in [0.15, 0.2) is 18.2 Å². The lowest BCUT2D eigenvalue weighted by molar-refractivity contribution is -0.123. The van der Waals surface area contributed by atoms with Gasteiger partial charge in [-0.15, -0.1) is 0 Å². The summed E-state index contributed by atoms with van der Waals surface area (Å²) in [6.07, 6.45) is 4.76. The number of rotatable bonds is 3. The molecule has 6 heteroatoms. The molecule has 0 aliphatic carbocycles. The van der Waals surface area contributed by atoms with Gasteiger partial charge in [0.25, 0.3) is 0 Å². The van der Waals surface area contributed by atoms with Crippen LogP contribution in [0.3, 0.4) is 0 Å². The average molecular weight is 373 g/mol. The summed E-state index contributed by atoms with van der Waals surface area (Å²) in [6, 6.07) is 7.03. The molecule has 3 fully saturated rings. The fraction of sp³-hybridized carbons (Fsp3) is 0.714. The van der Waals surface area contributed by atoms with E-state index in [-0.39, 0.29) is 5.60 Å². The van der Waals surface area contributed by atoms with Crippen LogP contribution in [0.2, 0.25) is 0 Å². The van der Waals surface area contributed by atoms with Gasteiger partial charge in [-0.1, -0.05) is 6.07 Å². The van der Waals surface area contributed by atoms with Crippen molar-refractivity contribution in [2.75, 3.05) is 52.7 Å². The second-order valence-corrected chi connectivity index (χ2v) is 8.43. The summed E-state index contributed by atoms with van der Waals surface area (Å²) in [7, 11) is 0. The van der Waals surface area contributed by atoms with Crippen LogP contribution in [0, 0.1) is 0 Å². The highest BCUT2D eigenvalue weighted by Crippen LogP contribution is 2.36. The van der Waals surface area contributed by atoms with E-state index >= 15 is 0 Å². The Kier molecular flexibility index (Phi) is 4.98. The van der Waals surface area contributed by atoms with Gasteiger partial charge in [-0.2, -0.15) is 0 Å². The van der Waals surface area contributed by atoms with Crippen molar-refractivity contribution in [3.63, 3.8) is 0 Å². The van der Waals surface area contributed by atoms with Gasteiger partial charge in [0, 0.05) is 45.4 Å². The van der Waals surface area contributed by atoms with Crippen LogP contribution >= 0.6 is 0 Å². The number of nitrogens with one attached hydrogen (secondary N) is 1. The number of fused-ring (bicyclic) bond motifs is 1. The van der Waals surface area contributed by atoms with Crippen molar-refractivity contribution in [1.82, 2.24) is 15.1 Å². The monoisotopic (exact) mass is 373 g/mol. The molecular formula is C21H31N3O3. The van der Waals surface area contributed by atoms with Crippen LogP contribution in [-0.4, -0.2) is 74.1 Å². The number of piperazine rings is 1. The molecule has 3 saturated heterocycles. The fourth-order valence-electron chi connectivity index (χ4n) is 5.13. The molecule has 1 aromatic carbocycles. The van der Waals surface area contributed by atoms with Gasteiger partial charge in [0.05, 0.1) is 5.60 Å². The van der Waals surface area contributed by atoms with E-state index < -0.39 is 0 Å². The van der Waals surface area contributed by atoms with Gasteiger partial charge in [-0.05, 0) is 56.5 Å². The minimum absolute atomic E-state index is 0.151. The molecule has 5 rings (SSSR count). The topological polar surface area (TPSA) is 46.2 Å². The van der Waals surface area contributed by atoms with Crippen molar-refractivity contribution in [3.05, 3.63) is 23.8 Å². The summed E-state index contributed by atoms with van der Waals surface area (Å²) in [5.74, 6) is 1.76. The number of nitrogens with zero attached hydrogens (tertiary/aromatic N) is 2. The molecule has 6 nitrogen and oxygen atoms in total. The Labute approximate surface area is 161 Å². The molecule has 4 aliphatic rings. The molecule has 148 valence electrons. The third kappa shape index (κ3) is 3.81. The number of ether oxygens (including phenoxy) is 3. The van der Waals surface area contributed by atoms with E-state index in [1.165, 1.54) is 44.3 Å². The second-order valence-electron chi connectivity index (χ2n) is 8.43. The number of hydrogen-bond acceptors (Lipinski definition) is 6. The first kappa shape index (κ1) is 17.7. The second kappa shape index (κ2) is 7.59. The number of piperidine rings is 1. The van der Waals surface area contributed by atoms with Crippen LogP contribution in [0.1, 0.15) is 31.2 Å². The number of benzene rings is 1. The maximum absolute atomic E-state index is 6.27. The molecule has 1 atom stereocenters. The molecule has 0 amide bonds. The van der Waals surface area contributed by atoms with Crippen LogP contribution in [0.5, 0.6) is 11.5 Å². The molecular weight excluding hydrogens is 342 g/mol. The maximum Gasteiger partial charge on any atom is 0.231 e. The third-order valence-corrected chi connectivity index (χ3v) is 6.75. The van der Waals surface area contributed by atoms with Gasteiger partial charge in [-0.25, -0.2) is 0 Å². The third-order valence-electron chi connectivity index (χ3n) is 6.75. The standard InChI is InChI=1S/C21H31N3O3/c1-2-19-20(26-16-25-19)13-17(1)15-23-8-10-24(11-9-23)18-3-12-27-21(14-18)4-6-22-7-5-21/h1-2,13,18,22H,3-12,14-16H2. The van der Waals surface area contributed by atoms with Gasteiger partial charge in [0.2, 0.25) is 6.79 Å². The molecule has 0 saturated carbocycles. The van der Waals surface area contributed by atoms with Crippen molar-refractivity contribution in [2.45, 2.75) is 43.9 Å². The van der Waals surface area contributed by atoms with Gasteiger partial charge in [0.1, 0.15) is 0 Å². The highest BCUT2D eigenvalue weighted by atomic mass is 16.7. The van der Waals surface area contributed by atoms with Crippen LogP contribution in [0.25, 0.3) is 0 Å². The van der Waals surface area contributed by atoms with Gasteiger partial charge in [0.15, 0.2) is 11.5 Å². The highest BCUT2D eigenvalue weighted by Gasteiger charge is 2.40. The highest BCUT2D eigenvalue weighted by molar-refractivity contribution is 5.44. The Hall–Kier alpha value is -1.34. The van der Waals surface area contributed by atoms with Crippen molar-refractivity contribution >= 4 is 0 Å². The summed E-state index contributed by atoms with van der Waals surface area (Å²) < 4.78 is 17.2. The minimum Gasteiger partial charge on any atom is -0.454 e. The summed E-state index contributed by atoms with van der Waals surface area (Å²) in [4.78, 5) is 5.29. The zero-order valence-corrected chi connectivity index (χ0v) is 16.1. The van der Waals surface area contributed by atoms with E-state index in [4.69, 9.17) is 14.2 Å². The van der Waals surface area contributed by atoms with Crippen LogP contribution in [0.4, 0.5) is 0 Å². The predicted octanol–water partition coefficient (Wildman–Crippen LogP) is 1.83. The van der Waals surface area contributed by atoms with Gasteiger partial charge in [-0.3, -0.25) is 9.80 Å². The van der Waals surface area contributed by atoms with Gasteiger partial charge < -0.3 is 19.5 Å². The first-order valence-electron chi connectivity index (χ1n) is 10.5. The zero-order chi connectivity index (χ0) is 18.1. The molecule has 0 radical (unpaired) electrons. The first-order valence-corrected chi connectivity index (χ1v) is 10.5. The zero-order valence-electron chi connectivity index (χ0n) is 16.1. The fourth-order valence-corrected chi connectivity index (χ4v) is 5.13. The number of hydrogen-bond donors (Lipinski definition) is 1. The summed E-state index contributed by atoms with van der Waals surface area (Å²) in [5, 5.41) is 3.48. The molecule has 1 aromatic rings. The maximum atomic E-state index is 6.27. The molecule has 1 spiro atoms. The minimum atomic E-state index is 0.151. The summed E-state index contributed by atoms with van der Waals surface area (Å²) in [6.45, 7) is 9.11. The lowest BCUT2D eigenvalue weighted by atomic mass is 9.82. The van der Waals surface area contributed by atoms with E-state index in [0.29, 0.717) is 12.8 Å². The predicted molar refractivity (Wildman–Crippen MR) is 103 cm³/mol. The average Bonchev–Trinajstić information content (AvgIpc) is 3.17. The van der Waals surface area contributed by atoms with E-state index in [0.717, 1.165) is 50.8 Å². The normalized spacial score (nSPS) is 28.5. The molecule has 4 aliphatic heterocycles.